The Morgan fingerprint density at radius 3 is 2.59 bits per heavy atom. The molecule has 2 aromatic rings. The first kappa shape index (κ1) is 11.2. The first-order valence-electron chi connectivity index (χ1n) is 5.26. The number of aromatic hydroxyl groups is 1. The first-order valence-corrected chi connectivity index (χ1v) is 5.26. The van der Waals surface area contributed by atoms with Gasteiger partial charge < -0.3 is 10.8 Å². The van der Waals surface area contributed by atoms with E-state index in [-0.39, 0.29) is 5.75 Å². The lowest BCUT2D eigenvalue weighted by atomic mass is 9.97. The molecule has 0 aliphatic heterocycles. The number of aldehydes is 1. The Kier molecular flexibility index (Phi) is 2.83. The molecule has 0 spiro atoms. The lowest BCUT2D eigenvalue weighted by Crippen LogP contribution is -1.94. The van der Waals surface area contributed by atoms with Gasteiger partial charge in [-0.05, 0) is 42.8 Å². The molecule has 0 fully saturated rings. The fourth-order valence-corrected chi connectivity index (χ4v) is 1.78. The summed E-state index contributed by atoms with van der Waals surface area (Å²) in [6, 6.07) is 10.2. The van der Waals surface area contributed by atoms with Crippen LogP contribution in [0.2, 0.25) is 0 Å². The van der Waals surface area contributed by atoms with Gasteiger partial charge in [0.15, 0.2) is 6.29 Å². The summed E-state index contributed by atoms with van der Waals surface area (Å²) in [7, 11) is 0. The van der Waals surface area contributed by atoms with Crippen LogP contribution in [0.3, 0.4) is 0 Å². The van der Waals surface area contributed by atoms with Gasteiger partial charge in [0.25, 0.3) is 0 Å². The van der Waals surface area contributed by atoms with E-state index in [1.54, 1.807) is 18.2 Å². The molecule has 17 heavy (non-hydrogen) atoms. The number of hydrogen-bond acceptors (Lipinski definition) is 3. The number of rotatable bonds is 2. The van der Waals surface area contributed by atoms with Crippen molar-refractivity contribution in [3.8, 4) is 16.9 Å². The van der Waals surface area contributed by atoms with Crippen molar-refractivity contribution in [3.63, 3.8) is 0 Å². The van der Waals surface area contributed by atoms with Crippen LogP contribution in [0.15, 0.2) is 36.4 Å². The van der Waals surface area contributed by atoms with E-state index < -0.39 is 0 Å². The Bertz CT molecular complexity index is 576. The molecule has 0 aromatic heterocycles. The molecule has 2 rings (SSSR count). The Labute approximate surface area is 99.5 Å². The molecule has 86 valence electrons. The molecule has 0 heterocycles. The average Bonchev–Trinajstić information content (AvgIpc) is 2.32. The maximum Gasteiger partial charge on any atom is 0.150 e. The number of phenols is 1. The van der Waals surface area contributed by atoms with Crippen LogP contribution in [0.25, 0.3) is 11.1 Å². The van der Waals surface area contributed by atoms with Gasteiger partial charge in [0, 0.05) is 16.8 Å². The SMILES string of the molecule is Cc1ccc(N)c(-c2cc(O)ccc2C=O)c1. The van der Waals surface area contributed by atoms with Crippen LogP contribution >= 0.6 is 0 Å². The second-order valence-electron chi connectivity index (χ2n) is 3.98. The van der Waals surface area contributed by atoms with Crippen molar-refractivity contribution in [3.05, 3.63) is 47.5 Å². The Balaban J connectivity index is 2.70. The van der Waals surface area contributed by atoms with E-state index in [2.05, 4.69) is 0 Å². The topological polar surface area (TPSA) is 63.3 Å². The number of hydrogen-bond donors (Lipinski definition) is 2. The van der Waals surface area contributed by atoms with Crippen LogP contribution in [-0.2, 0) is 0 Å². The molecule has 0 atom stereocenters. The minimum absolute atomic E-state index is 0.117. The largest absolute Gasteiger partial charge is 0.508 e. The molecule has 0 radical (unpaired) electrons. The number of carbonyl (C=O) groups excluding carboxylic acids is 1. The van der Waals surface area contributed by atoms with Gasteiger partial charge in [-0.1, -0.05) is 11.6 Å². The van der Waals surface area contributed by atoms with Crippen molar-refractivity contribution in [2.75, 3.05) is 5.73 Å². The number of benzene rings is 2. The smallest absolute Gasteiger partial charge is 0.150 e. The molecule has 2 aromatic carbocycles. The number of phenolic OH excluding ortho intramolecular Hbond substituents is 1. The molecule has 0 amide bonds. The van der Waals surface area contributed by atoms with E-state index in [0.29, 0.717) is 16.8 Å². The van der Waals surface area contributed by atoms with E-state index in [0.717, 1.165) is 17.4 Å². The highest BCUT2D eigenvalue weighted by Gasteiger charge is 2.09. The van der Waals surface area contributed by atoms with Crippen LogP contribution < -0.4 is 5.73 Å². The summed E-state index contributed by atoms with van der Waals surface area (Å²) in [4.78, 5) is 11.0. The molecule has 0 aliphatic rings. The van der Waals surface area contributed by atoms with E-state index in [1.807, 2.05) is 19.1 Å². The zero-order valence-electron chi connectivity index (χ0n) is 9.47. The van der Waals surface area contributed by atoms with Gasteiger partial charge in [-0.3, -0.25) is 4.79 Å². The van der Waals surface area contributed by atoms with Crippen LogP contribution in [0.5, 0.6) is 5.75 Å². The van der Waals surface area contributed by atoms with Crippen LogP contribution in [0.1, 0.15) is 15.9 Å². The lowest BCUT2D eigenvalue weighted by molar-refractivity contribution is 0.112. The highest BCUT2D eigenvalue weighted by Crippen LogP contribution is 2.31. The number of nitrogens with two attached hydrogens (primary N) is 1. The number of carbonyl (C=O) groups is 1. The van der Waals surface area contributed by atoms with Crippen molar-refractivity contribution < 1.29 is 9.90 Å². The van der Waals surface area contributed by atoms with Gasteiger partial charge in [0.1, 0.15) is 5.75 Å². The Hall–Kier alpha value is -2.29. The zero-order valence-corrected chi connectivity index (χ0v) is 9.47. The third-order valence-electron chi connectivity index (χ3n) is 2.66. The van der Waals surface area contributed by atoms with Gasteiger partial charge in [-0.2, -0.15) is 0 Å². The second kappa shape index (κ2) is 4.29. The fraction of sp³-hybridized carbons (Fsp3) is 0.0714. The highest BCUT2D eigenvalue weighted by molar-refractivity contribution is 5.91. The molecule has 3 nitrogen and oxygen atoms in total. The average molecular weight is 227 g/mol. The number of aryl methyl sites for hydroxylation is 1. The Morgan fingerprint density at radius 2 is 1.88 bits per heavy atom. The number of nitrogen functional groups attached to an aromatic ring is 1. The molecule has 3 heteroatoms. The van der Waals surface area contributed by atoms with Crippen LogP contribution in [0.4, 0.5) is 5.69 Å². The summed E-state index contributed by atoms with van der Waals surface area (Å²) in [5.41, 5.74) is 9.47. The first-order chi connectivity index (χ1) is 8.11. The Morgan fingerprint density at radius 1 is 1.12 bits per heavy atom. The predicted octanol–water partition coefficient (Wildman–Crippen LogP) is 2.76. The number of anilines is 1. The van der Waals surface area contributed by atoms with Crippen molar-refractivity contribution in [1.29, 1.82) is 0 Å². The summed E-state index contributed by atoms with van der Waals surface area (Å²) in [5.74, 6) is 0.117. The van der Waals surface area contributed by atoms with Crippen LogP contribution in [-0.4, -0.2) is 11.4 Å². The van der Waals surface area contributed by atoms with Gasteiger partial charge in [-0.25, -0.2) is 0 Å². The minimum Gasteiger partial charge on any atom is -0.508 e. The standard InChI is InChI=1S/C14H13NO2/c1-9-2-5-14(15)13(6-9)12-7-11(17)4-3-10(12)8-16/h2-8,17H,15H2,1H3. The van der Waals surface area contributed by atoms with E-state index in [4.69, 9.17) is 5.73 Å². The monoisotopic (exact) mass is 227 g/mol. The van der Waals surface area contributed by atoms with E-state index >= 15 is 0 Å². The molecule has 0 aliphatic carbocycles. The summed E-state index contributed by atoms with van der Waals surface area (Å²) in [6.45, 7) is 1.95. The molecular weight excluding hydrogens is 214 g/mol. The predicted molar refractivity (Wildman–Crippen MR) is 68.1 cm³/mol. The van der Waals surface area contributed by atoms with Crippen molar-refractivity contribution in [2.24, 2.45) is 0 Å². The molecule has 0 saturated heterocycles. The zero-order chi connectivity index (χ0) is 12.4. The van der Waals surface area contributed by atoms with Crippen LogP contribution in [0, 0.1) is 6.92 Å². The van der Waals surface area contributed by atoms with Gasteiger partial charge >= 0.3 is 0 Å². The maximum atomic E-state index is 11.0. The quantitative estimate of drug-likeness (QED) is 0.612. The third kappa shape index (κ3) is 2.13. The molecular formula is C14H13NO2. The normalized spacial score (nSPS) is 10.2. The van der Waals surface area contributed by atoms with E-state index in [1.165, 1.54) is 6.07 Å². The van der Waals surface area contributed by atoms with Gasteiger partial charge in [0.05, 0.1) is 0 Å². The fourth-order valence-electron chi connectivity index (χ4n) is 1.78. The van der Waals surface area contributed by atoms with E-state index in [9.17, 15) is 9.90 Å². The van der Waals surface area contributed by atoms with Crippen molar-refractivity contribution >= 4 is 12.0 Å². The molecule has 0 unspecified atom stereocenters. The summed E-state index contributed by atoms with van der Waals surface area (Å²) >= 11 is 0. The molecule has 3 N–H and O–H groups in total. The molecule has 0 saturated carbocycles. The summed E-state index contributed by atoms with van der Waals surface area (Å²) in [5, 5.41) is 9.50. The lowest BCUT2D eigenvalue weighted by Gasteiger charge is -2.10. The minimum atomic E-state index is 0.117. The van der Waals surface area contributed by atoms with Crippen molar-refractivity contribution in [1.82, 2.24) is 0 Å². The molecule has 0 bridgehead atoms. The van der Waals surface area contributed by atoms with Crippen molar-refractivity contribution in [2.45, 2.75) is 6.92 Å². The summed E-state index contributed by atoms with van der Waals surface area (Å²) < 4.78 is 0. The third-order valence-corrected chi connectivity index (χ3v) is 2.66. The van der Waals surface area contributed by atoms with Gasteiger partial charge in [-0.15, -0.1) is 0 Å². The maximum absolute atomic E-state index is 11.0. The van der Waals surface area contributed by atoms with Gasteiger partial charge in [0.2, 0.25) is 0 Å². The second-order valence-corrected chi connectivity index (χ2v) is 3.98. The summed E-state index contributed by atoms with van der Waals surface area (Å²) in [6.07, 6.45) is 0.760. The highest BCUT2D eigenvalue weighted by atomic mass is 16.3.